The highest BCUT2D eigenvalue weighted by Crippen LogP contribution is 2.29. The fourth-order valence-electron chi connectivity index (χ4n) is 0.801. The Hall–Kier alpha value is -0.200. The first-order valence-electron chi connectivity index (χ1n) is 3.58. The second kappa shape index (κ2) is 6.31. The summed E-state index contributed by atoms with van der Waals surface area (Å²) in [6.45, 7) is 0. The van der Waals surface area contributed by atoms with Crippen LogP contribution < -0.4 is 11.1 Å². The summed E-state index contributed by atoms with van der Waals surface area (Å²) in [5.74, 6) is 0.273. The minimum absolute atomic E-state index is 0. The van der Waals surface area contributed by atoms with E-state index in [4.69, 9.17) is 28.9 Å². The third kappa shape index (κ3) is 3.51. The number of rotatable bonds is 1. The van der Waals surface area contributed by atoms with Crippen molar-refractivity contribution in [3.63, 3.8) is 0 Å². The second-order valence-electron chi connectivity index (χ2n) is 2.33. The van der Waals surface area contributed by atoms with Gasteiger partial charge < -0.3 is 11.1 Å². The molecule has 14 heavy (non-hydrogen) atoms. The lowest BCUT2D eigenvalue weighted by atomic mass is 10.3. The fourth-order valence-corrected chi connectivity index (χ4v) is 1.29. The highest BCUT2D eigenvalue weighted by molar-refractivity contribution is 14.0. The number of para-hydroxylation sites is 1. The maximum absolute atomic E-state index is 5.87. The van der Waals surface area contributed by atoms with Gasteiger partial charge in [-0.25, -0.2) is 0 Å². The van der Waals surface area contributed by atoms with Gasteiger partial charge in [-0.15, -0.1) is 24.0 Å². The molecule has 0 saturated heterocycles. The van der Waals surface area contributed by atoms with Crippen molar-refractivity contribution in [1.29, 1.82) is 0 Å². The van der Waals surface area contributed by atoms with Crippen molar-refractivity contribution in [3.8, 4) is 0 Å². The lowest BCUT2D eigenvalue weighted by Crippen LogP contribution is -2.22. The van der Waals surface area contributed by atoms with Gasteiger partial charge >= 0.3 is 0 Å². The molecule has 0 fully saturated rings. The lowest BCUT2D eigenvalue weighted by molar-refractivity contribution is 1.38. The summed E-state index contributed by atoms with van der Waals surface area (Å²) in [5.41, 5.74) is 6.04. The van der Waals surface area contributed by atoms with Crippen LogP contribution in [0.1, 0.15) is 0 Å². The molecule has 0 aliphatic carbocycles. The van der Waals surface area contributed by atoms with Crippen molar-refractivity contribution >= 4 is 58.8 Å². The highest BCUT2D eigenvalue weighted by atomic mass is 127. The smallest absolute Gasteiger partial charge is 0.192 e. The van der Waals surface area contributed by atoms with Gasteiger partial charge in [-0.05, 0) is 12.1 Å². The van der Waals surface area contributed by atoms with E-state index in [0.717, 1.165) is 0 Å². The molecule has 3 N–H and O–H groups in total. The molecule has 1 aromatic rings. The molecule has 1 aromatic carbocycles. The molecule has 0 aromatic heterocycles. The molecule has 1 rings (SSSR count). The number of halogens is 3. The van der Waals surface area contributed by atoms with Crippen molar-refractivity contribution in [2.45, 2.75) is 0 Å². The van der Waals surface area contributed by atoms with E-state index in [-0.39, 0.29) is 29.9 Å². The van der Waals surface area contributed by atoms with Crippen molar-refractivity contribution < 1.29 is 0 Å². The number of hydrogen-bond acceptors (Lipinski definition) is 1. The SMILES string of the molecule is CN=C(N)Nc1c(Cl)cccc1Cl.I. The van der Waals surface area contributed by atoms with Gasteiger partial charge in [-0.1, -0.05) is 29.3 Å². The zero-order chi connectivity index (χ0) is 9.84. The van der Waals surface area contributed by atoms with E-state index >= 15 is 0 Å². The first kappa shape index (κ1) is 13.8. The number of aliphatic imine (C=N–C) groups is 1. The predicted octanol–water partition coefficient (Wildman–Crippen LogP) is 2.97. The summed E-state index contributed by atoms with van der Waals surface area (Å²) in [5, 5.41) is 3.82. The van der Waals surface area contributed by atoms with Gasteiger partial charge in [0, 0.05) is 7.05 Å². The van der Waals surface area contributed by atoms with E-state index in [2.05, 4.69) is 10.3 Å². The third-order valence-corrected chi connectivity index (χ3v) is 2.09. The molecule has 0 aliphatic rings. The Bertz CT molecular complexity index is 321. The summed E-state index contributed by atoms with van der Waals surface area (Å²) in [4.78, 5) is 3.73. The van der Waals surface area contributed by atoms with Crippen LogP contribution in [0.15, 0.2) is 23.2 Å². The molecule has 0 heterocycles. The number of anilines is 1. The molecule has 0 aliphatic heterocycles. The van der Waals surface area contributed by atoms with Gasteiger partial charge in [0.2, 0.25) is 0 Å². The lowest BCUT2D eigenvalue weighted by Gasteiger charge is -2.08. The molecule has 3 nitrogen and oxygen atoms in total. The first-order valence-corrected chi connectivity index (χ1v) is 4.34. The molecule has 0 atom stereocenters. The van der Waals surface area contributed by atoms with Gasteiger partial charge in [0.1, 0.15) is 0 Å². The quantitative estimate of drug-likeness (QED) is 0.467. The third-order valence-electron chi connectivity index (χ3n) is 1.46. The molecule has 0 spiro atoms. The molecular formula is C8H10Cl2IN3. The number of nitrogens with two attached hydrogens (primary N) is 1. The van der Waals surface area contributed by atoms with E-state index in [0.29, 0.717) is 15.7 Å². The van der Waals surface area contributed by atoms with E-state index in [1.165, 1.54) is 0 Å². The van der Waals surface area contributed by atoms with Crippen LogP contribution >= 0.6 is 47.2 Å². The van der Waals surface area contributed by atoms with Crippen LogP contribution in [0.5, 0.6) is 0 Å². The minimum Gasteiger partial charge on any atom is -0.370 e. The normalized spacial score (nSPS) is 10.6. The Balaban J connectivity index is 0.00000169. The molecule has 0 saturated carbocycles. The monoisotopic (exact) mass is 345 g/mol. The van der Waals surface area contributed by atoms with Crippen molar-refractivity contribution in [1.82, 2.24) is 0 Å². The Morgan fingerprint density at radius 3 is 2.29 bits per heavy atom. The van der Waals surface area contributed by atoms with Crippen molar-refractivity contribution in [2.75, 3.05) is 12.4 Å². The largest absolute Gasteiger partial charge is 0.370 e. The average Bonchev–Trinajstić information content (AvgIpc) is 2.11. The summed E-state index contributed by atoms with van der Waals surface area (Å²) >= 11 is 11.7. The van der Waals surface area contributed by atoms with Crippen LogP contribution in [-0.4, -0.2) is 13.0 Å². The van der Waals surface area contributed by atoms with Crippen molar-refractivity contribution in [3.05, 3.63) is 28.2 Å². The number of benzene rings is 1. The van der Waals surface area contributed by atoms with Crippen molar-refractivity contribution in [2.24, 2.45) is 10.7 Å². The predicted molar refractivity (Wildman–Crippen MR) is 73.0 cm³/mol. The second-order valence-corrected chi connectivity index (χ2v) is 3.14. The van der Waals surface area contributed by atoms with Crippen LogP contribution in [0.4, 0.5) is 5.69 Å². The first-order chi connectivity index (χ1) is 6.15. The summed E-state index contributed by atoms with van der Waals surface area (Å²) in [6, 6.07) is 5.20. The maximum atomic E-state index is 5.87. The van der Waals surface area contributed by atoms with Gasteiger partial charge in [0.15, 0.2) is 5.96 Å². The zero-order valence-corrected chi connectivity index (χ0v) is 11.3. The summed E-state index contributed by atoms with van der Waals surface area (Å²) in [7, 11) is 1.58. The maximum Gasteiger partial charge on any atom is 0.192 e. The molecule has 6 heteroatoms. The van der Waals surface area contributed by atoms with Gasteiger partial charge in [-0.3, -0.25) is 4.99 Å². The molecule has 78 valence electrons. The minimum atomic E-state index is 0. The van der Waals surface area contributed by atoms with Crippen LogP contribution in [0, 0.1) is 0 Å². The molecule has 0 amide bonds. The molecule has 0 bridgehead atoms. The highest BCUT2D eigenvalue weighted by Gasteiger charge is 2.04. The summed E-state index contributed by atoms with van der Waals surface area (Å²) < 4.78 is 0. The van der Waals surface area contributed by atoms with Crippen LogP contribution in [-0.2, 0) is 0 Å². The molecule has 0 radical (unpaired) electrons. The van der Waals surface area contributed by atoms with E-state index in [9.17, 15) is 0 Å². The number of nitrogens with zero attached hydrogens (tertiary/aromatic N) is 1. The van der Waals surface area contributed by atoms with E-state index in [1.807, 2.05) is 0 Å². The van der Waals surface area contributed by atoms with E-state index in [1.54, 1.807) is 25.2 Å². The number of nitrogens with one attached hydrogen (secondary N) is 1. The Morgan fingerprint density at radius 1 is 1.36 bits per heavy atom. The van der Waals surface area contributed by atoms with Gasteiger partial charge in [0.25, 0.3) is 0 Å². The Kier molecular flexibility index (Phi) is 6.22. The topological polar surface area (TPSA) is 50.4 Å². The molecular weight excluding hydrogens is 336 g/mol. The van der Waals surface area contributed by atoms with E-state index < -0.39 is 0 Å². The van der Waals surface area contributed by atoms with Crippen LogP contribution in [0.25, 0.3) is 0 Å². The zero-order valence-electron chi connectivity index (χ0n) is 7.42. The van der Waals surface area contributed by atoms with Crippen LogP contribution in [0.2, 0.25) is 10.0 Å². The van der Waals surface area contributed by atoms with Gasteiger partial charge in [0.05, 0.1) is 15.7 Å². The standard InChI is InChI=1S/C8H9Cl2N3.HI/c1-12-8(11)13-7-5(9)3-2-4-6(7)10;/h2-4H,1H3,(H3,11,12,13);1H. The fraction of sp³-hybridized carbons (Fsp3) is 0.125. The average molecular weight is 346 g/mol. The number of guanidine groups is 1. The number of hydrogen-bond donors (Lipinski definition) is 2. The van der Waals surface area contributed by atoms with Gasteiger partial charge in [-0.2, -0.15) is 0 Å². The molecule has 0 unspecified atom stereocenters. The Labute approximate surface area is 110 Å². The van der Waals surface area contributed by atoms with Crippen LogP contribution in [0.3, 0.4) is 0 Å². The Morgan fingerprint density at radius 2 is 1.86 bits per heavy atom. The summed E-state index contributed by atoms with van der Waals surface area (Å²) in [6.07, 6.45) is 0.